The molecule has 3 nitrogen and oxygen atoms in total. The van der Waals surface area contributed by atoms with Crippen LogP contribution < -0.4 is 5.32 Å². The van der Waals surface area contributed by atoms with Crippen LogP contribution in [0.5, 0.6) is 0 Å². The van der Waals surface area contributed by atoms with Crippen molar-refractivity contribution in [1.29, 1.82) is 0 Å². The monoisotopic (exact) mass is 305 g/mol. The molecule has 1 aromatic carbocycles. The zero-order chi connectivity index (χ0) is 14.6. The van der Waals surface area contributed by atoms with Gasteiger partial charge >= 0.3 is 0 Å². The zero-order valence-electron chi connectivity index (χ0n) is 11.8. The largest absolute Gasteiger partial charge is 0.394 e. The van der Waals surface area contributed by atoms with E-state index in [4.69, 9.17) is 11.6 Å². The van der Waals surface area contributed by atoms with Crippen LogP contribution in [-0.2, 0) is 4.79 Å². The SMILES string of the molecule is O=C(NC(CO)c1ccc(Cl)cc1)C1C2C3CCC(C3)C12. The lowest BCUT2D eigenvalue weighted by molar-refractivity contribution is -0.124. The molecule has 112 valence electrons. The molecule has 2 bridgehead atoms. The van der Waals surface area contributed by atoms with Gasteiger partial charge in [-0.05, 0) is 60.6 Å². The highest BCUT2D eigenvalue weighted by Crippen LogP contribution is 2.69. The molecule has 5 atom stereocenters. The summed E-state index contributed by atoms with van der Waals surface area (Å²) in [6.07, 6.45) is 3.98. The van der Waals surface area contributed by atoms with Gasteiger partial charge < -0.3 is 10.4 Å². The molecule has 5 unspecified atom stereocenters. The van der Waals surface area contributed by atoms with Gasteiger partial charge in [-0.15, -0.1) is 0 Å². The third kappa shape index (κ3) is 2.18. The lowest BCUT2D eigenvalue weighted by Crippen LogP contribution is -2.33. The van der Waals surface area contributed by atoms with E-state index in [0.29, 0.717) is 16.9 Å². The summed E-state index contributed by atoms with van der Waals surface area (Å²) in [6.45, 7) is -0.0811. The summed E-state index contributed by atoms with van der Waals surface area (Å²) in [4.78, 5) is 12.5. The Balaban J connectivity index is 1.43. The molecule has 0 saturated heterocycles. The smallest absolute Gasteiger partial charge is 0.224 e. The Hall–Kier alpha value is -1.06. The van der Waals surface area contributed by atoms with Gasteiger partial charge in [0.25, 0.3) is 0 Å². The molecule has 21 heavy (non-hydrogen) atoms. The molecule has 0 spiro atoms. The molecular weight excluding hydrogens is 286 g/mol. The average Bonchev–Trinajstić information content (AvgIpc) is 2.94. The lowest BCUT2D eigenvalue weighted by atomic mass is 10.0. The number of fused-ring (bicyclic) bond motifs is 5. The van der Waals surface area contributed by atoms with E-state index in [1.54, 1.807) is 12.1 Å². The van der Waals surface area contributed by atoms with Gasteiger partial charge in [-0.25, -0.2) is 0 Å². The molecule has 1 amide bonds. The molecule has 3 aliphatic carbocycles. The van der Waals surface area contributed by atoms with Gasteiger partial charge in [0.15, 0.2) is 0 Å². The quantitative estimate of drug-likeness (QED) is 0.898. The van der Waals surface area contributed by atoms with Gasteiger partial charge in [0.2, 0.25) is 5.91 Å². The second-order valence-electron chi connectivity index (χ2n) is 6.81. The summed E-state index contributed by atoms with van der Waals surface area (Å²) in [5.74, 6) is 3.19. The molecule has 2 N–H and O–H groups in total. The topological polar surface area (TPSA) is 49.3 Å². The van der Waals surface area contributed by atoms with Crippen molar-refractivity contribution in [3.63, 3.8) is 0 Å². The molecule has 3 fully saturated rings. The maximum Gasteiger partial charge on any atom is 0.224 e. The average molecular weight is 306 g/mol. The Labute approximate surface area is 129 Å². The van der Waals surface area contributed by atoms with Crippen LogP contribution in [0, 0.1) is 29.6 Å². The third-order valence-corrected chi connectivity index (χ3v) is 6.06. The summed E-state index contributed by atoms with van der Waals surface area (Å²) in [5, 5.41) is 13.3. The van der Waals surface area contributed by atoms with Gasteiger partial charge in [0.05, 0.1) is 12.6 Å². The first-order valence-electron chi connectivity index (χ1n) is 7.85. The predicted molar refractivity (Wildman–Crippen MR) is 80.7 cm³/mol. The first-order chi connectivity index (χ1) is 10.2. The number of rotatable bonds is 4. The molecule has 3 saturated carbocycles. The maximum atomic E-state index is 12.5. The molecule has 3 aliphatic rings. The maximum absolute atomic E-state index is 12.5. The van der Waals surface area contributed by atoms with E-state index in [9.17, 15) is 9.90 Å². The Morgan fingerprint density at radius 2 is 1.86 bits per heavy atom. The molecule has 0 radical (unpaired) electrons. The van der Waals surface area contributed by atoms with E-state index in [1.807, 2.05) is 12.1 Å². The van der Waals surface area contributed by atoms with Crippen molar-refractivity contribution in [2.45, 2.75) is 25.3 Å². The number of aliphatic hydroxyl groups is 1. The van der Waals surface area contributed by atoms with Gasteiger partial charge in [-0.1, -0.05) is 23.7 Å². The molecule has 4 heteroatoms. The number of aliphatic hydroxyl groups excluding tert-OH is 1. The van der Waals surface area contributed by atoms with Crippen LogP contribution in [0.3, 0.4) is 0 Å². The van der Waals surface area contributed by atoms with Crippen LogP contribution in [0.4, 0.5) is 0 Å². The number of halogens is 1. The van der Waals surface area contributed by atoms with Crippen molar-refractivity contribution >= 4 is 17.5 Å². The third-order valence-electron chi connectivity index (χ3n) is 5.81. The normalized spacial score (nSPS) is 37.1. The van der Waals surface area contributed by atoms with Crippen LogP contribution >= 0.6 is 11.6 Å². The summed E-state index contributed by atoms with van der Waals surface area (Å²) in [5.41, 5.74) is 0.907. The van der Waals surface area contributed by atoms with Crippen LogP contribution in [0.1, 0.15) is 30.9 Å². The van der Waals surface area contributed by atoms with Crippen molar-refractivity contribution in [3.8, 4) is 0 Å². The Morgan fingerprint density at radius 3 is 2.43 bits per heavy atom. The Kier molecular flexibility index (Phi) is 3.23. The first-order valence-corrected chi connectivity index (χ1v) is 8.23. The van der Waals surface area contributed by atoms with Gasteiger partial charge in [-0.3, -0.25) is 4.79 Å². The first kappa shape index (κ1) is 13.6. The van der Waals surface area contributed by atoms with Crippen LogP contribution in [0.25, 0.3) is 0 Å². The number of hydrogen-bond donors (Lipinski definition) is 2. The molecular formula is C17H20ClNO2. The summed E-state index contributed by atoms with van der Waals surface area (Å²) >= 11 is 5.88. The lowest BCUT2D eigenvalue weighted by Gasteiger charge is -2.18. The second kappa shape index (κ2) is 4.99. The number of carbonyl (C=O) groups is 1. The van der Waals surface area contributed by atoms with Crippen molar-refractivity contribution in [2.75, 3.05) is 6.61 Å². The van der Waals surface area contributed by atoms with Crippen molar-refractivity contribution in [2.24, 2.45) is 29.6 Å². The van der Waals surface area contributed by atoms with Crippen molar-refractivity contribution in [3.05, 3.63) is 34.9 Å². The zero-order valence-corrected chi connectivity index (χ0v) is 12.6. The number of nitrogens with one attached hydrogen (secondary N) is 1. The van der Waals surface area contributed by atoms with E-state index in [-0.39, 0.29) is 24.5 Å². The highest BCUT2D eigenvalue weighted by Gasteiger charge is 2.67. The van der Waals surface area contributed by atoms with Gasteiger partial charge in [-0.2, -0.15) is 0 Å². The van der Waals surface area contributed by atoms with E-state index >= 15 is 0 Å². The van der Waals surface area contributed by atoms with Gasteiger partial charge in [0.1, 0.15) is 0 Å². The second-order valence-corrected chi connectivity index (χ2v) is 7.25. The molecule has 1 aromatic rings. The van der Waals surface area contributed by atoms with Crippen molar-refractivity contribution in [1.82, 2.24) is 5.32 Å². The number of hydrogen-bond acceptors (Lipinski definition) is 2. The van der Waals surface area contributed by atoms with Crippen molar-refractivity contribution < 1.29 is 9.90 Å². The summed E-state index contributed by atoms with van der Waals surface area (Å²) < 4.78 is 0. The minimum Gasteiger partial charge on any atom is -0.394 e. The highest BCUT2D eigenvalue weighted by molar-refractivity contribution is 6.30. The van der Waals surface area contributed by atoms with Gasteiger partial charge in [0, 0.05) is 10.9 Å². The molecule has 0 aliphatic heterocycles. The van der Waals surface area contributed by atoms with E-state index in [2.05, 4.69) is 5.32 Å². The fourth-order valence-electron chi connectivity index (χ4n) is 4.87. The highest BCUT2D eigenvalue weighted by atomic mass is 35.5. The molecule has 0 aromatic heterocycles. The number of benzene rings is 1. The standard InChI is InChI=1S/C17H20ClNO2/c18-12-5-3-9(4-6-12)13(8-20)19-17(21)16-14-10-1-2-11(7-10)15(14)16/h3-6,10-11,13-16,20H,1-2,7-8H2,(H,19,21). The minimum absolute atomic E-state index is 0.0811. The Morgan fingerprint density at radius 1 is 1.24 bits per heavy atom. The molecule has 4 rings (SSSR count). The van der Waals surface area contributed by atoms with Crippen LogP contribution in [-0.4, -0.2) is 17.6 Å². The summed E-state index contributed by atoms with van der Waals surface area (Å²) in [6, 6.07) is 6.98. The number of amides is 1. The minimum atomic E-state index is -0.325. The Bertz CT molecular complexity index is 542. The number of carbonyl (C=O) groups excluding carboxylic acids is 1. The predicted octanol–water partition coefficient (Wildman–Crippen LogP) is 2.78. The van der Waals surface area contributed by atoms with E-state index in [1.165, 1.54) is 19.3 Å². The van der Waals surface area contributed by atoms with E-state index < -0.39 is 0 Å². The van der Waals surface area contributed by atoms with Crippen LogP contribution in [0.2, 0.25) is 5.02 Å². The fourth-order valence-corrected chi connectivity index (χ4v) is 5.00. The fraction of sp³-hybridized carbons (Fsp3) is 0.588. The van der Waals surface area contributed by atoms with Crippen LogP contribution in [0.15, 0.2) is 24.3 Å². The summed E-state index contributed by atoms with van der Waals surface area (Å²) in [7, 11) is 0. The van der Waals surface area contributed by atoms with E-state index in [0.717, 1.165) is 17.4 Å². The molecule has 0 heterocycles.